The van der Waals surface area contributed by atoms with Gasteiger partial charge in [-0.2, -0.15) is 0 Å². The molecule has 0 bridgehead atoms. The number of hydrogen-bond donors (Lipinski definition) is 1. The van der Waals surface area contributed by atoms with Gasteiger partial charge in [-0.3, -0.25) is 4.21 Å². The Balaban J connectivity index is 2.29. The van der Waals surface area contributed by atoms with Crippen LogP contribution in [0.4, 0.5) is 0 Å². The van der Waals surface area contributed by atoms with Crippen LogP contribution in [0, 0.1) is 0 Å². The third-order valence-electron chi connectivity index (χ3n) is 3.37. The number of benzene rings is 1. The number of nitrogens with one attached hydrogen (secondary N) is 1. The summed E-state index contributed by atoms with van der Waals surface area (Å²) in [6, 6.07) is 8.74. The summed E-state index contributed by atoms with van der Waals surface area (Å²) >= 11 is 0. The van der Waals surface area contributed by atoms with Crippen LogP contribution in [0.15, 0.2) is 24.3 Å². The molecule has 0 radical (unpaired) electrons. The van der Waals surface area contributed by atoms with E-state index in [4.69, 9.17) is 0 Å². The molecule has 1 aliphatic carbocycles. The van der Waals surface area contributed by atoms with Crippen LogP contribution in [0.5, 0.6) is 0 Å². The highest BCUT2D eigenvalue weighted by Gasteiger charge is 2.36. The van der Waals surface area contributed by atoms with Crippen molar-refractivity contribution in [1.82, 2.24) is 5.32 Å². The second-order valence-electron chi connectivity index (χ2n) is 4.85. The molecule has 94 valence electrons. The zero-order valence-electron chi connectivity index (χ0n) is 10.8. The molecule has 3 heteroatoms. The lowest BCUT2D eigenvalue weighted by Crippen LogP contribution is -2.34. The lowest BCUT2D eigenvalue weighted by Gasteiger charge is -2.22. The van der Waals surface area contributed by atoms with E-state index in [0.29, 0.717) is 0 Å². The van der Waals surface area contributed by atoms with Gasteiger partial charge in [0, 0.05) is 22.1 Å². The Morgan fingerprint density at radius 2 is 2.12 bits per heavy atom. The molecule has 0 amide bonds. The fraction of sp³-hybridized carbons (Fsp3) is 0.571. The van der Waals surface area contributed by atoms with Crippen molar-refractivity contribution in [3.8, 4) is 0 Å². The summed E-state index contributed by atoms with van der Waals surface area (Å²) in [4.78, 5) is 0. The predicted octanol–water partition coefficient (Wildman–Crippen LogP) is 2.42. The van der Waals surface area contributed by atoms with Gasteiger partial charge in [0.05, 0.1) is 5.25 Å². The van der Waals surface area contributed by atoms with Gasteiger partial charge in [-0.05, 0) is 24.1 Å². The quantitative estimate of drug-likeness (QED) is 0.890. The van der Waals surface area contributed by atoms with Crippen molar-refractivity contribution in [2.75, 3.05) is 6.54 Å². The lowest BCUT2D eigenvalue weighted by molar-refractivity contribution is 0.544. The lowest BCUT2D eigenvalue weighted by atomic mass is 10.1. The van der Waals surface area contributed by atoms with Crippen molar-refractivity contribution >= 4 is 10.8 Å². The Hall–Kier alpha value is -0.670. The molecule has 3 unspecified atom stereocenters. The minimum Gasteiger partial charge on any atom is -0.309 e. The summed E-state index contributed by atoms with van der Waals surface area (Å²) in [6.45, 7) is 7.12. The predicted molar refractivity (Wildman–Crippen MR) is 73.6 cm³/mol. The minimum absolute atomic E-state index is 0.229. The van der Waals surface area contributed by atoms with Crippen molar-refractivity contribution < 1.29 is 4.21 Å². The third kappa shape index (κ3) is 2.45. The van der Waals surface area contributed by atoms with Gasteiger partial charge in [-0.15, -0.1) is 0 Å². The molecular formula is C14H21NOS. The van der Waals surface area contributed by atoms with Crippen LogP contribution < -0.4 is 5.32 Å². The first-order chi connectivity index (χ1) is 8.15. The molecule has 1 N–H and O–H groups in total. The zero-order valence-corrected chi connectivity index (χ0v) is 11.6. The largest absolute Gasteiger partial charge is 0.309 e. The number of fused-ring (bicyclic) bond motifs is 1. The molecule has 0 spiro atoms. The molecule has 3 atom stereocenters. The third-order valence-corrected chi connectivity index (χ3v) is 5.33. The molecule has 1 aromatic carbocycles. The average molecular weight is 251 g/mol. The Morgan fingerprint density at radius 3 is 2.76 bits per heavy atom. The van der Waals surface area contributed by atoms with Gasteiger partial charge in [0.2, 0.25) is 0 Å². The number of hydrogen-bond acceptors (Lipinski definition) is 2. The van der Waals surface area contributed by atoms with Crippen LogP contribution in [0.1, 0.15) is 37.9 Å². The molecule has 2 rings (SSSR count). The maximum absolute atomic E-state index is 12.4. The molecule has 1 aromatic rings. The molecule has 2 nitrogen and oxygen atoms in total. The highest BCUT2D eigenvalue weighted by atomic mass is 32.2. The zero-order chi connectivity index (χ0) is 12.4. The average Bonchev–Trinajstić information content (AvgIpc) is 2.68. The Bertz CT molecular complexity index is 416. The van der Waals surface area contributed by atoms with E-state index in [1.807, 2.05) is 13.8 Å². The summed E-state index contributed by atoms with van der Waals surface area (Å²) in [5.74, 6) is 0. The van der Waals surface area contributed by atoms with E-state index in [0.717, 1.165) is 13.0 Å². The van der Waals surface area contributed by atoms with Gasteiger partial charge in [-0.25, -0.2) is 0 Å². The van der Waals surface area contributed by atoms with Crippen LogP contribution in [0.3, 0.4) is 0 Å². The molecule has 0 saturated carbocycles. The van der Waals surface area contributed by atoms with Crippen molar-refractivity contribution in [1.29, 1.82) is 0 Å². The van der Waals surface area contributed by atoms with Crippen LogP contribution in [-0.4, -0.2) is 21.3 Å². The number of rotatable bonds is 4. The van der Waals surface area contributed by atoms with E-state index in [9.17, 15) is 4.21 Å². The standard InChI is InChI=1S/C14H21NOS/c1-4-15-14-12-8-6-5-7-11(12)9-13(14)17(16)10(2)3/h5-8,10,13-15H,4,9H2,1-3H3. The SMILES string of the molecule is CCNC1c2ccccc2CC1S(=O)C(C)C. The van der Waals surface area contributed by atoms with Gasteiger partial charge < -0.3 is 5.32 Å². The topological polar surface area (TPSA) is 29.1 Å². The highest BCUT2D eigenvalue weighted by molar-refractivity contribution is 7.86. The van der Waals surface area contributed by atoms with Crippen molar-refractivity contribution in [3.63, 3.8) is 0 Å². The van der Waals surface area contributed by atoms with Crippen LogP contribution >= 0.6 is 0 Å². The van der Waals surface area contributed by atoms with Gasteiger partial charge in [0.15, 0.2) is 0 Å². The second-order valence-corrected chi connectivity index (χ2v) is 7.06. The van der Waals surface area contributed by atoms with E-state index in [1.54, 1.807) is 0 Å². The van der Waals surface area contributed by atoms with Crippen LogP contribution in [-0.2, 0) is 17.2 Å². The molecule has 0 saturated heterocycles. The smallest absolute Gasteiger partial charge is 0.0585 e. The minimum atomic E-state index is -0.767. The van der Waals surface area contributed by atoms with Crippen molar-refractivity contribution in [2.45, 2.75) is 43.7 Å². The molecule has 0 heterocycles. The van der Waals surface area contributed by atoms with Gasteiger partial charge >= 0.3 is 0 Å². The fourth-order valence-electron chi connectivity index (χ4n) is 2.59. The summed E-state index contributed by atoms with van der Waals surface area (Å²) in [5, 5.41) is 3.95. The van der Waals surface area contributed by atoms with E-state index >= 15 is 0 Å². The van der Waals surface area contributed by atoms with Gasteiger partial charge in [0.25, 0.3) is 0 Å². The first kappa shape index (κ1) is 12.8. The molecule has 0 aromatic heterocycles. The van der Waals surface area contributed by atoms with Gasteiger partial charge in [0.1, 0.15) is 0 Å². The van der Waals surface area contributed by atoms with Crippen LogP contribution in [0.25, 0.3) is 0 Å². The summed E-state index contributed by atoms with van der Waals surface area (Å²) in [6.07, 6.45) is 0.943. The second kappa shape index (κ2) is 5.32. The molecule has 17 heavy (non-hydrogen) atoms. The first-order valence-electron chi connectivity index (χ1n) is 6.35. The molecule has 0 aliphatic heterocycles. The molecular weight excluding hydrogens is 230 g/mol. The monoisotopic (exact) mass is 251 g/mol. The van der Waals surface area contributed by atoms with Crippen molar-refractivity contribution in [2.24, 2.45) is 0 Å². The first-order valence-corrected chi connectivity index (χ1v) is 7.63. The van der Waals surface area contributed by atoms with E-state index < -0.39 is 10.8 Å². The summed E-state index contributed by atoms with van der Waals surface area (Å²) < 4.78 is 12.4. The highest BCUT2D eigenvalue weighted by Crippen LogP contribution is 2.35. The Kier molecular flexibility index (Phi) is 4.00. The van der Waals surface area contributed by atoms with E-state index in [2.05, 4.69) is 36.5 Å². The maximum Gasteiger partial charge on any atom is 0.0585 e. The maximum atomic E-state index is 12.4. The normalized spacial score (nSPS) is 24.9. The molecule has 1 aliphatic rings. The van der Waals surface area contributed by atoms with E-state index in [1.165, 1.54) is 11.1 Å². The molecule has 0 fully saturated rings. The van der Waals surface area contributed by atoms with Gasteiger partial charge in [-0.1, -0.05) is 45.0 Å². The van der Waals surface area contributed by atoms with Crippen molar-refractivity contribution in [3.05, 3.63) is 35.4 Å². The summed E-state index contributed by atoms with van der Waals surface area (Å²) in [5.41, 5.74) is 2.70. The van der Waals surface area contributed by atoms with E-state index in [-0.39, 0.29) is 16.5 Å². The summed E-state index contributed by atoms with van der Waals surface area (Å²) in [7, 11) is -0.767. The Morgan fingerprint density at radius 1 is 1.41 bits per heavy atom. The Labute approximate surface area is 106 Å². The van der Waals surface area contributed by atoms with Crippen LogP contribution in [0.2, 0.25) is 0 Å². The fourth-order valence-corrected chi connectivity index (χ4v) is 4.14.